The van der Waals surface area contributed by atoms with Crippen LogP contribution in [0, 0.1) is 6.92 Å². The first-order valence-electron chi connectivity index (χ1n) is 11.2. The van der Waals surface area contributed by atoms with Gasteiger partial charge in [0.25, 0.3) is 0 Å². The number of anilines is 1. The van der Waals surface area contributed by atoms with Gasteiger partial charge in [0.05, 0.1) is 19.8 Å². The van der Waals surface area contributed by atoms with Crippen LogP contribution in [0.3, 0.4) is 0 Å². The van der Waals surface area contributed by atoms with Crippen molar-refractivity contribution >= 4 is 16.5 Å². The van der Waals surface area contributed by atoms with E-state index < -0.39 is 5.60 Å². The number of hydrogen-bond donors (Lipinski definition) is 2. The van der Waals surface area contributed by atoms with E-state index in [1.54, 1.807) is 0 Å². The molecule has 2 N–H and O–H groups in total. The van der Waals surface area contributed by atoms with Crippen molar-refractivity contribution in [3.63, 3.8) is 0 Å². The molecule has 1 aromatic heterocycles. The van der Waals surface area contributed by atoms with Crippen LogP contribution in [0.4, 0.5) is 5.69 Å². The zero-order valence-corrected chi connectivity index (χ0v) is 18.2. The molecule has 0 aliphatic carbocycles. The molecule has 1 unspecified atom stereocenters. The summed E-state index contributed by atoms with van der Waals surface area (Å²) in [5.74, 6) is 0.365. The van der Waals surface area contributed by atoms with E-state index in [0.29, 0.717) is 19.1 Å². The maximum atomic E-state index is 10.9. The number of rotatable bonds is 5. The second-order valence-electron chi connectivity index (χ2n) is 9.03. The predicted octanol–water partition coefficient (Wildman–Crippen LogP) is 4.83. The second-order valence-corrected chi connectivity index (χ2v) is 9.03. The summed E-state index contributed by atoms with van der Waals surface area (Å²) >= 11 is 0. The van der Waals surface area contributed by atoms with Crippen LogP contribution in [0.5, 0.6) is 0 Å². The van der Waals surface area contributed by atoms with E-state index in [0.717, 1.165) is 48.4 Å². The lowest BCUT2D eigenvalue weighted by atomic mass is 9.89. The summed E-state index contributed by atoms with van der Waals surface area (Å²) in [6, 6.07) is 14.7. The first-order valence-corrected chi connectivity index (χ1v) is 11.2. The van der Waals surface area contributed by atoms with Gasteiger partial charge in [0.1, 0.15) is 5.60 Å². The third-order valence-electron chi connectivity index (χ3n) is 6.56. The molecule has 2 aromatic carbocycles. The lowest BCUT2D eigenvalue weighted by molar-refractivity contribution is -0.184. The Morgan fingerprint density at radius 1 is 1.16 bits per heavy atom. The van der Waals surface area contributed by atoms with Crippen molar-refractivity contribution in [1.82, 2.24) is 4.98 Å². The van der Waals surface area contributed by atoms with Crippen molar-refractivity contribution in [2.75, 3.05) is 31.7 Å². The Morgan fingerprint density at radius 2 is 2.00 bits per heavy atom. The molecule has 0 radical (unpaired) electrons. The van der Waals surface area contributed by atoms with E-state index in [4.69, 9.17) is 14.5 Å². The number of hydrogen-bond acceptors (Lipinski definition) is 5. The molecular formula is C26H30N2O3. The van der Waals surface area contributed by atoms with Crippen LogP contribution >= 0.6 is 0 Å². The summed E-state index contributed by atoms with van der Waals surface area (Å²) in [5.41, 5.74) is 4.51. The summed E-state index contributed by atoms with van der Waals surface area (Å²) in [4.78, 5) is 4.77. The van der Waals surface area contributed by atoms with Crippen molar-refractivity contribution in [3.8, 4) is 0 Å². The van der Waals surface area contributed by atoms with Gasteiger partial charge in [-0.2, -0.15) is 0 Å². The maximum Gasteiger partial charge on any atom is 0.138 e. The quantitative estimate of drug-likeness (QED) is 0.621. The first kappa shape index (κ1) is 20.4. The normalized spacial score (nSPS) is 21.5. The molecule has 0 amide bonds. The van der Waals surface area contributed by atoms with Gasteiger partial charge in [0.2, 0.25) is 0 Å². The minimum atomic E-state index is -0.907. The maximum absolute atomic E-state index is 10.9. The number of aromatic nitrogens is 1. The summed E-state index contributed by atoms with van der Waals surface area (Å²) < 4.78 is 11.0. The first-order chi connectivity index (χ1) is 15.0. The summed E-state index contributed by atoms with van der Waals surface area (Å²) in [5, 5.41) is 16.9. The number of nitrogens with zero attached hydrogens (tertiary/aromatic N) is 1. The summed E-state index contributed by atoms with van der Waals surface area (Å²) in [7, 11) is 0. The standard InChI is InChI=1S/C26H30N2O3/c1-17-10-20-13-27-25(19-6-5-9-30-14-19)12-22(20)21(11-17)18(2)28-24-8-4-3-7-23(24)26(29)15-31-16-26/h3-4,7-8,10-13,18-19,28-29H,5-6,9,14-16H2,1-2H3/t18-,19?/m1/s1. The lowest BCUT2D eigenvalue weighted by Crippen LogP contribution is -2.46. The number of benzene rings is 2. The highest BCUT2D eigenvalue weighted by Crippen LogP contribution is 2.37. The Balaban J connectivity index is 1.50. The van der Waals surface area contributed by atoms with Crippen molar-refractivity contribution in [1.29, 1.82) is 0 Å². The smallest absolute Gasteiger partial charge is 0.138 e. The van der Waals surface area contributed by atoms with Gasteiger partial charge in [-0.15, -0.1) is 0 Å². The Labute approximate surface area is 183 Å². The highest BCUT2D eigenvalue weighted by Gasteiger charge is 2.39. The minimum absolute atomic E-state index is 0.0611. The third-order valence-corrected chi connectivity index (χ3v) is 6.56. The zero-order valence-electron chi connectivity index (χ0n) is 18.2. The molecule has 31 heavy (non-hydrogen) atoms. The van der Waals surface area contributed by atoms with Gasteiger partial charge < -0.3 is 19.9 Å². The van der Waals surface area contributed by atoms with Crippen LogP contribution in [0.15, 0.2) is 48.7 Å². The van der Waals surface area contributed by atoms with Crippen LogP contribution in [-0.4, -0.2) is 36.5 Å². The van der Waals surface area contributed by atoms with Crippen LogP contribution in [0.1, 0.15) is 54.1 Å². The van der Waals surface area contributed by atoms with Crippen LogP contribution in [0.25, 0.3) is 10.8 Å². The van der Waals surface area contributed by atoms with Gasteiger partial charge >= 0.3 is 0 Å². The molecule has 2 aliphatic rings. The fourth-order valence-electron chi connectivity index (χ4n) is 4.79. The molecular weight excluding hydrogens is 388 g/mol. The number of nitrogens with one attached hydrogen (secondary N) is 1. The average Bonchev–Trinajstić information content (AvgIpc) is 2.77. The number of aryl methyl sites for hydroxylation is 1. The number of ether oxygens (including phenoxy) is 2. The van der Waals surface area contributed by atoms with Crippen LogP contribution < -0.4 is 5.32 Å². The molecule has 162 valence electrons. The van der Waals surface area contributed by atoms with E-state index in [1.165, 1.54) is 16.5 Å². The van der Waals surface area contributed by atoms with Crippen LogP contribution in [0.2, 0.25) is 0 Å². The van der Waals surface area contributed by atoms with Crippen LogP contribution in [-0.2, 0) is 15.1 Å². The monoisotopic (exact) mass is 418 g/mol. The van der Waals surface area contributed by atoms with Gasteiger partial charge in [-0.25, -0.2) is 0 Å². The van der Waals surface area contributed by atoms with Gasteiger partial charge in [-0.05, 0) is 55.8 Å². The zero-order chi connectivity index (χ0) is 21.4. The number of pyridine rings is 1. The van der Waals surface area contributed by atoms with E-state index in [-0.39, 0.29) is 6.04 Å². The van der Waals surface area contributed by atoms with E-state index in [1.807, 2.05) is 30.5 Å². The second kappa shape index (κ2) is 8.23. The van der Waals surface area contributed by atoms with E-state index >= 15 is 0 Å². The molecule has 2 atom stereocenters. The number of para-hydroxylation sites is 1. The molecule has 2 fully saturated rings. The largest absolute Gasteiger partial charge is 0.381 e. The Morgan fingerprint density at radius 3 is 2.74 bits per heavy atom. The van der Waals surface area contributed by atoms with Gasteiger partial charge in [0.15, 0.2) is 0 Å². The molecule has 0 spiro atoms. The summed E-state index contributed by atoms with van der Waals surface area (Å²) in [6.45, 7) is 6.59. The van der Waals surface area contributed by atoms with Crippen molar-refractivity contribution in [2.45, 2.75) is 44.2 Å². The average molecular weight is 419 g/mol. The Bertz CT molecular complexity index is 1090. The number of fused-ring (bicyclic) bond motifs is 1. The molecule has 3 heterocycles. The highest BCUT2D eigenvalue weighted by atomic mass is 16.5. The highest BCUT2D eigenvalue weighted by molar-refractivity contribution is 5.87. The fraction of sp³-hybridized carbons (Fsp3) is 0.423. The molecule has 5 nitrogen and oxygen atoms in total. The van der Waals surface area contributed by atoms with Gasteiger partial charge in [0, 0.05) is 47.1 Å². The van der Waals surface area contributed by atoms with Crippen molar-refractivity contribution in [2.24, 2.45) is 0 Å². The molecule has 5 heteroatoms. The third kappa shape index (κ3) is 3.93. The molecule has 0 saturated carbocycles. The van der Waals surface area contributed by atoms with E-state index in [9.17, 15) is 5.11 Å². The lowest BCUT2D eigenvalue weighted by Gasteiger charge is -2.38. The van der Waals surface area contributed by atoms with E-state index in [2.05, 4.69) is 37.4 Å². The molecule has 2 aliphatic heterocycles. The Kier molecular flexibility index (Phi) is 5.42. The fourth-order valence-corrected chi connectivity index (χ4v) is 4.79. The van der Waals surface area contributed by atoms with Crippen molar-refractivity contribution in [3.05, 3.63) is 71.0 Å². The van der Waals surface area contributed by atoms with Gasteiger partial charge in [-0.3, -0.25) is 4.98 Å². The Hall–Kier alpha value is -2.47. The topological polar surface area (TPSA) is 63.6 Å². The molecule has 2 saturated heterocycles. The SMILES string of the molecule is Cc1cc([C@@H](C)Nc2ccccc2C2(O)COC2)c2cc(C3CCCOC3)ncc2c1. The molecule has 3 aromatic rings. The molecule has 5 rings (SSSR count). The van der Waals surface area contributed by atoms with Crippen molar-refractivity contribution < 1.29 is 14.6 Å². The van der Waals surface area contributed by atoms with Gasteiger partial charge in [-0.1, -0.05) is 29.8 Å². The molecule has 0 bridgehead atoms. The number of aliphatic hydroxyl groups is 1. The minimum Gasteiger partial charge on any atom is -0.381 e. The summed E-state index contributed by atoms with van der Waals surface area (Å²) in [6.07, 6.45) is 4.22. The predicted molar refractivity (Wildman–Crippen MR) is 122 cm³/mol.